The van der Waals surface area contributed by atoms with Gasteiger partial charge in [0.05, 0.1) is 17.1 Å². The van der Waals surface area contributed by atoms with Gasteiger partial charge in [-0.25, -0.2) is 4.98 Å². The maximum atomic E-state index is 5.29. The summed E-state index contributed by atoms with van der Waals surface area (Å²) in [5.74, 6) is 0.908. The van der Waals surface area contributed by atoms with Crippen LogP contribution in [-0.2, 0) is 4.74 Å². The third-order valence-electron chi connectivity index (χ3n) is 2.25. The first-order valence-electron chi connectivity index (χ1n) is 4.72. The van der Waals surface area contributed by atoms with Crippen LogP contribution in [0.15, 0.2) is 16.7 Å². The number of rotatable bonds is 2. The monoisotopic (exact) mass is 256 g/mol. The maximum Gasteiger partial charge on any atom is 0.140 e. The lowest BCUT2D eigenvalue weighted by Gasteiger charge is -2.12. The molecule has 1 saturated heterocycles. The standard InChI is InChI=1S/C10H13BrN2O/c1-7-4-9(11)10(12-5-7)13-8-2-3-14-6-8/h4-5,8H,2-3,6H2,1H3,(H,12,13). The van der Waals surface area contributed by atoms with Crippen molar-refractivity contribution in [3.05, 3.63) is 22.3 Å². The van der Waals surface area contributed by atoms with Crippen molar-refractivity contribution < 1.29 is 4.74 Å². The zero-order valence-electron chi connectivity index (χ0n) is 8.09. The number of hydrogen-bond donors (Lipinski definition) is 1. The summed E-state index contributed by atoms with van der Waals surface area (Å²) in [7, 11) is 0. The molecular weight excluding hydrogens is 244 g/mol. The molecule has 1 N–H and O–H groups in total. The molecule has 1 fully saturated rings. The predicted molar refractivity (Wildman–Crippen MR) is 59.5 cm³/mol. The lowest BCUT2D eigenvalue weighted by molar-refractivity contribution is 0.195. The second kappa shape index (κ2) is 4.28. The van der Waals surface area contributed by atoms with Gasteiger partial charge in [0.15, 0.2) is 0 Å². The van der Waals surface area contributed by atoms with Gasteiger partial charge >= 0.3 is 0 Å². The summed E-state index contributed by atoms with van der Waals surface area (Å²) >= 11 is 3.49. The smallest absolute Gasteiger partial charge is 0.140 e. The number of pyridine rings is 1. The van der Waals surface area contributed by atoms with Crippen molar-refractivity contribution >= 4 is 21.7 Å². The molecule has 1 aromatic rings. The molecular formula is C10H13BrN2O. The summed E-state index contributed by atoms with van der Waals surface area (Å²) in [6.07, 6.45) is 2.92. The molecule has 0 saturated carbocycles. The predicted octanol–water partition coefficient (Wildman–Crippen LogP) is 2.35. The Hall–Kier alpha value is -0.610. The van der Waals surface area contributed by atoms with Crippen molar-refractivity contribution in [1.29, 1.82) is 0 Å². The van der Waals surface area contributed by atoms with Gasteiger partial charge in [-0.2, -0.15) is 0 Å². The van der Waals surface area contributed by atoms with Crippen LogP contribution < -0.4 is 5.32 Å². The lowest BCUT2D eigenvalue weighted by Crippen LogP contribution is -2.19. The average Bonchev–Trinajstić information content (AvgIpc) is 2.62. The summed E-state index contributed by atoms with van der Waals surface area (Å²) in [5.41, 5.74) is 1.16. The van der Waals surface area contributed by atoms with E-state index in [4.69, 9.17) is 4.74 Å². The molecule has 0 aliphatic carbocycles. The second-order valence-electron chi connectivity index (χ2n) is 3.55. The van der Waals surface area contributed by atoms with Gasteiger partial charge in [0, 0.05) is 12.8 Å². The molecule has 2 heterocycles. The van der Waals surface area contributed by atoms with Crippen molar-refractivity contribution in [3.8, 4) is 0 Å². The molecule has 1 aliphatic rings. The summed E-state index contributed by atoms with van der Waals surface area (Å²) in [6, 6.07) is 2.46. The van der Waals surface area contributed by atoms with E-state index in [2.05, 4.69) is 32.3 Å². The van der Waals surface area contributed by atoms with Crippen LogP contribution >= 0.6 is 15.9 Å². The Labute approximate surface area is 92.0 Å². The summed E-state index contributed by atoms with van der Waals surface area (Å²) in [6.45, 7) is 3.66. The van der Waals surface area contributed by atoms with E-state index in [0.717, 1.165) is 35.5 Å². The molecule has 0 amide bonds. The Morgan fingerprint density at radius 2 is 2.50 bits per heavy atom. The van der Waals surface area contributed by atoms with E-state index in [9.17, 15) is 0 Å². The first-order chi connectivity index (χ1) is 6.75. The lowest BCUT2D eigenvalue weighted by atomic mass is 10.2. The molecule has 0 radical (unpaired) electrons. The van der Waals surface area contributed by atoms with Crippen LogP contribution in [0.2, 0.25) is 0 Å². The summed E-state index contributed by atoms with van der Waals surface area (Å²) in [5, 5.41) is 3.35. The van der Waals surface area contributed by atoms with Crippen molar-refractivity contribution in [2.75, 3.05) is 18.5 Å². The van der Waals surface area contributed by atoms with Crippen molar-refractivity contribution in [3.63, 3.8) is 0 Å². The van der Waals surface area contributed by atoms with Crippen molar-refractivity contribution in [1.82, 2.24) is 4.98 Å². The van der Waals surface area contributed by atoms with E-state index >= 15 is 0 Å². The van der Waals surface area contributed by atoms with Crippen LogP contribution in [0.3, 0.4) is 0 Å². The largest absolute Gasteiger partial charge is 0.379 e. The van der Waals surface area contributed by atoms with Crippen LogP contribution in [-0.4, -0.2) is 24.2 Å². The Bertz CT molecular complexity index is 324. The van der Waals surface area contributed by atoms with E-state index in [0.29, 0.717) is 6.04 Å². The van der Waals surface area contributed by atoms with Gasteiger partial charge in [0.1, 0.15) is 5.82 Å². The van der Waals surface area contributed by atoms with Crippen molar-refractivity contribution in [2.24, 2.45) is 0 Å². The minimum atomic E-state index is 0.404. The molecule has 14 heavy (non-hydrogen) atoms. The quantitative estimate of drug-likeness (QED) is 0.883. The topological polar surface area (TPSA) is 34.2 Å². The normalized spacial score (nSPS) is 21.1. The molecule has 0 spiro atoms. The van der Waals surface area contributed by atoms with Gasteiger partial charge in [-0.15, -0.1) is 0 Å². The van der Waals surface area contributed by atoms with Crippen LogP contribution in [0.4, 0.5) is 5.82 Å². The zero-order chi connectivity index (χ0) is 9.97. The van der Waals surface area contributed by atoms with Gasteiger partial charge in [-0.1, -0.05) is 0 Å². The fraction of sp³-hybridized carbons (Fsp3) is 0.500. The molecule has 1 aliphatic heterocycles. The Kier molecular flexibility index (Phi) is 3.03. The molecule has 0 aromatic carbocycles. The van der Waals surface area contributed by atoms with E-state index in [-0.39, 0.29) is 0 Å². The van der Waals surface area contributed by atoms with Crippen molar-refractivity contribution in [2.45, 2.75) is 19.4 Å². The summed E-state index contributed by atoms with van der Waals surface area (Å²) in [4.78, 5) is 4.33. The number of nitrogens with zero attached hydrogens (tertiary/aromatic N) is 1. The highest BCUT2D eigenvalue weighted by molar-refractivity contribution is 9.10. The zero-order valence-corrected chi connectivity index (χ0v) is 9.67. The fourth-order valence-electron chi connectivity index (χ4n) is 1.48. The SMILES string of the molecule is Cc1cnc(NC2CCOC2)c(Br)c1. The number of halogens is 1. The number of aromatic nitrogens is 1. The van der Waals surface area contributed by atoms with E-state index in [1.54, 1.807) is 0 Å². The maximum absolute atomic E-state index is 5.29. The van der Waals surface area contributed by atoms with Gasteiger partial charge in [0.2, 0.25) is 0 Å². The van der Waals surface area contributed by atoms with E-state index < -0.39 is 0 Å². The molecule has 0 bridgehead atoms. The van der Waals surface area contributed by atoms with Crippen LogP contribution in [0, 0.1) is 6.92 Å². The fourth-order valence-corrected chi connectivity index (χ4v) is 2.06. The average molecular weight is 257 g/mol. The Morgan fingerprint density at radius 1 is 1.64 bits per heavy atom. The van der Waals surface area contributed by atoms with Crippen LogP contribution in [0.5, 0.6) is 0 Å². The highest BCUT2D eigenvalue weighted by Gasteiger charge is 2.16. The highest BCUT2D eigenvalue weighted by atomic mass is 79.9. The van der Waals surface area contributed by atoms with Crippen LogP contribution in [0.1, 0.15) is 12.0 Å². The van der Waals surface area contributed by atoms with Gasteiger partial charge in [0.25, 0.3) is 0 Å². The molecule has 1 aromatic heterocycles. The van der Waals surface area contributed by atoms with Gasteiger partial charge < -0.3 is 10.1 Å². The minimum absolute atomic E-state index is 0.404. The van der Waals surface area contributed by atoms with Gasteiger partial charge in [-0.3, -0.25) is 0 Å². The third-order valence-corrected chi connectivity index (χ3v) is 2.85. The van der Waals surface area contributed by atoms with E-state index in [1.807, 2.05) is 13.1 Å². The number of hydrogen-bond acceptors (Lipinski definition) is 3. The first kappa shape index (κ1) is 9.93. The Morgan fingerprint density at radius 3 is 3.14 bits per heavy atom. The molecule has 2 rings (SSSR count). The second-order valence-corrected chi connectivity index (χ2v) is 4.40. The first-order valence-corrected chi connectivity index (χ1v) is 5.51. The number of nitrogens with one attached hydrogen (secondary N) is 1. The summed E-state index contributed by atoms with van der Waals surface area (Å²) < 4.78 is 6.31. The van der Waals surface area contributed by atoms with Crippen LogP contribution in [0.25, 0.3) is 0 Å². The van der Waals surface area contributed by atoms with Gasteiger partial charge in [-0.05, 0) is 40.9 Å². The van der Waals surface area contributed by atoms with E-state index in [1.165, 1.54) is 0 Å². The molecule has 76 valence electrons. The molecule has 1 unspecified atom stereocenters. The third kappa shape index (κ3) is 2.25. The Balaban J connectivity index is 2.08. The molecule has 4 heteroatoms. The number of aryl methyl sites for hydroxylation is 1. The minimum Gasteiger partial charge on any atom is -0.379 e. The number of ether oxygens (including phenoxy) is 1. The molecule has 3 nitrogen and oxygen atoms in total. The molecule has 1 atom stereocenters. The highest BCUT2D eigenvalue weighted by Crippen LogP contribution is 2.22. The number of anilines is 1.